The van der Waals surface area contributed by atoms with E-state index in [1.807, 2.05) is 56.3 Å². The maximum atomic E-state index is 14.3. The summed E-state index contributed by atoms with van der Waals surface area (Å²) in [6, 6.07) is 19.0. The Hall–Kier alpha value is -4.10. The minimum atomic E-state index is -0.601. The summed E-state index contributed by atoms with van der Waals surface area (Å²) in [7, 11) is 2.06. The van der Waals surface area contributed by atoms with Crippen LogP contribution in [0.3, 0.4) is 0 Å². The van der Waals surface area contributed by atoms with Crippen molar-refractivity contribution in [3.8, 4) is 11.1 Å². The van der Waals surface area contributed by atoms with Crippen LogP contribution in [0.4, 0.5) is 14.6 Å². The van der Waals surface area contributed by atoms with Crippen LogP contribution >= 0.6 is 0 Å². The van der Waals surface area contributed by atoms with Crippen molar-refractivity contribution in [2.24, 2.45) is 0 Å². The van der Waals surface area contributed by atoms with Crippen molar-refractivity contribution in [2.45, 2.75) is 39.4 Å². The number of fused-ring (bicyclic) bond motifs is 1. The van der Waals surface area contributed by atoms with Gasteiger partial charge in [-0.05, 0) is 91.5 Å². The van der Waals surface area contributed by atoms with Gasteiger partial charge in [0.05, 0.1) is 6.04 Å². The molecule has 0 aliphatic carbocycles. The van der Waals surface area contributed by atoms with Crippen LogP contribution in [-0.2, 0) is 6.54 Å². The third-order valence-electron chi connectivity index (χ3n) is 7.58. The minimum absolute atomic E-state index is 0.0642. The van der Waals surface area contributed by atoms with Gasteiger partial charge >= 0.3 is 0 Å². The lowest BCUT2D eigenvalue weighted by Crippen LogP contribution is -2.24. The molecule has 0 spiro atoms. The van der Waals surface area contributed by atoms with Crippen molar-refractivity contribution >= 4 is 11.7 Å². The highest BCUT2D eigenvalue weighted by Gasteiger charge is 2.34. The normalized spacial score (nSPS) is 16.9. The molecule has 0 saturated heterocycles. The van der Waals surface area contributed by atoms with Crippen molar-refractivity contribution in [3.05, 3.63) is 117 Å². The summed E-state index contributed by atoms with van der Waals surface area (Å²) < 4.78 is 27.7. The maximum absolute atomic E-state index is 14.3. The number of hydrogen-bond donors (Lipinski definition) is 2. The topological polar surface area (TPSA) is 71.2 Å². The second-order valence-corrected chi connectivity index (χ2v) is 9.94. The first kappa shape index (κ1) is 25.5. The van der Waals surface area contributed by atoms with Gasteiger partial charge in [0, 0.05) is 35.5 Å². The molecule has 2 unspecified atom stereocenters. The Morgan fingerprint density at radius 2 is 1.74 bits per heavy atom. The van der Waals surface area contributed by atoms with E-state index in [4.69, 9.17) is 5.73 Å². The number of rotatable bonds is 5. The van der Waals surface area contributed by atoms with Gasteiger partial charge in [-0.1, -0.05) is 30.3 Å². The smallest absolute Gasteiger partial charge is 0.251 e. The second kappa shape index (κ2) is 9.99. The summed E-state index contributed by atoms with van der Waals surface area (Å²) in [5.41, 5.74) is 13.4. The fourth-order valence-electron chi connectivity index (χ4n) is 5.40. The van der Waals surface area contributed by atoms with Crippen molar-refractivity contribution < 1.29 is 13.6 Å². The average Bonchev–Trinajstić information content (AvgIpc) is 3.12. The van der Waals surface area contributed by atoms with E-state index in [-0.39, 0.29) is 18.0 Å². The van der Waals surface area contributed by atoms with Gasteiger partial charge < -0.3 is 11.1 Å². The molecule has 7 heteroatoms. The Kier molecular flexibility index (Phi) is 6.71. The van der Waals surface area contributed by atoms with Crippen molar-refractivity contribution in [2.75, 3.05) is 12.8 Å². The molecule has 0 radical (unpaired) electrons. The highest BCUT2D eigenvalue weighted by molar-refractivity contribution is 5.94. The number of aromatic nitrogens is 1. The molecule has 1 aliphatic heterocycles. The molecule has 0 saturated carbocycles. The predicted octanol–water partition coefficient (Wildman–Crippen LogP) is 6.25. The van der Waals surface area contributed by atoms with Gasteiger partial charge in [0.25, 0.3) is 5.91 Å². The number of nitrogen functional groups attached to an aromatic ring is 1. The molecule has 4 aromatic rings. The number of halogens is 2. The number of anilines is 1. The average molecular weight is 513 g/mol. The van der Waals surface area contributed by atoms with E-state index in [0.29, 0.717) is 29.1 Å². The molecule has 0 fully saturated rings. The van der Waals surface area contributed by atoms with Gasteiger partial charge in [-0.2, -0.15) is 0 Å². The second-order valence-electron chi connectivity index (χ2n) is 9.94. The number of amides is 1. The number of benzene rings is 3. The number of aryl methyl sites for hydroxylation is 2. The summed E-state index contributed by atoms with van der Waals surface area (Å²) in [6.45, 7) is 6.35. The molecule has 5 rings (SSSR count). The quantitative estimate of drug-likeness (QED) is 0.332. The minimum Gasteiger partial charge on any atom is -0.384 e. The number of carbonyl (C=O) groups excluding carboxylic acids is 1. The number of nitrogens with two attached hydrogens (primary N) is 1. The lowest BCUT2D eigenvalue weighted by Gasteiger charge is -2.24. The monoisotopic (exact) mass is 512 g/mol. The van der Waals surface area contributed by atoms with Crippen molar-refractivity contribution in [3.63, 3.8) is 0 Å². The molecule has 5 nitrogen and oxygen atoms in total. The zero-order chi connectivity index (χ0) is 27.1. The number of carbonyl (C=O) groups is 1. The molecule has 3 N–H and O–H groups in total. The highest BCUT2D eigenvalue weighted by atomic mass is 19.1. The molecular formula is C31H30F2N4O. The Bertz CT molecular complexity index is 1510. The summed E-state index contributed by atoms with van der Waals surface area (Å²) >= 11 is 0. The first-order valence-electron chi connectivity index (χ1n) is 12.6. The van der Waals surface area contributed by atoms with Crippen LogP contribution in [0.2, 0.25) is 0 Å². The fourth-order valence-corrected chi connectivity index (χ4v) is 5.40. The molecular weight excluding hydrogens is 482 g/mol. The summed E-state index contributed by atoms with van der Waals surface area (Å²) in [6.07, 6.45) is 0. The van der Waals surface area contributed by atoms with Crippen molar-refractivity contribution in [1.29, 1.82) is 0 Å². The van der Waals surface area contributed by atoms with Crippen LogP contribution in [0, 0.1) is 25.5 Å². The predicted molar refractivity (Wildman–Crippen MR) is 146 cm³/mol. The molecule has 1 aromatic heterocycles. The first-order valence-corrected chi connectivity index (χ1v) is 12.6. The van der Waals surface area contributed by atoms with E-state index < -0.39 is 11.6 Å². The van der Waals surface area contributed by atoms with E-state index >= 15 is 0 Å². The van der Waals surface area contributed by atoms with Gasteiger partial charge in [-0.3, -0.25) is 9.69 Å². The fraction of sp³-hybridized carbons (Fsp3) is 0.226. The van der Waals surface area contributed by atoms with Gasteiger partial charge in [0.15, 0.2) is 0 Å². The molecule has 3 aromatic carbocycles. The van der Waals surface area contributed by atoms with Gasteiger partial charge in [0.2, 0.25) is 0 Å². The van der Waals surface area contributed by atoms with Gasteiger partial charge in [0.1, 0.15) is 17.5 Å². The van der Waals surface area contributed by atoms with E-state index in [2.05, 4.69) is 29.2 Å². The molecule has 1 amide bonds. The van der Waals surface area contributed by atoms with Crippen LogP contribution in [0.25, 0.3) is 11.1 Å². The number of nitrogens with one attached hydrogen (secondary N) is 1. The van der Waals surface area contributed by atoms with Crippen molar-refractivity contribution in [1.82, 2.24) is 15.2 Å². The third kappa shape index (κ3) is 4.65. The number of nitrogens with zero attached hydrogens (tertiary/aromatic N) is 2. The molecule has 0 bridgehead atoms. The standard InChI is InChI=1S/C31H30F2N4O/c1-17-13-29(34)36-18(2)27(17)16-35-31(38)22-9-11-24-19(3)37(4)30(26(24)14-22)21-7-5-20(6-8-21)25-12-10-23(32)15-28(25)33/h5-15,19,30H,16H2,1-4H3,(H2,34,36)(H,35,38). The molecule has 2 heterocycles. The third-order valence-corrected chi connectivity index (χ3v) is 7.58. The van der Waals surface area contributed by atoms with Crippen LogP contribution in [0.1, 0.15) is 62.9 Å². The van der Waals surface area contributed by atoms with E-state index in [1.54, 1.807) is 6.07 Å². The van der Waals surface area contributed by atoms with Gasteiger partial charge in [-0.25, -0.2) is 13.8 Å². The van der Waals surface area contributed by atoms with E-state index in [9.17, 15) is 13.6 Å². The van der Waals surface area contributed by atoms with E-state index in [1.165, 1.54) is 12.1 Å². The van der Waals surface area contributed by atoms with Crippen LogP contribution in [0.15, 0.2) is 66.7 Å². The summed E-state index contributed by atoms with van der Waals surface area (Å²) in [5, 5.41) is 3.02. The lowest BCUT2D eigenvalue weighted by molar-refractivity contribution is 0.0950. The molecule has 194 valence electrons. The van der Waals surface area contributed by atoms with Crippen LogP contribution in [0.5, 0.6) is 0 Å². The highest BCUT2D eigenvalue weighted by Crippen LogP contribution is 2.44. The molecule has 1 aliphatic rings. The zero-order valence-corrected chi connectivity index (χ0v) is 21.8. The van der Waals surface area contributed by atoms with E-state index in [0.717, 1.165) is 39.6 Å². The van der Waals surface area contributed by atoms with Crippen LogP contribution < -0.4 is 11.1 Å². The number of hydrogen-bond acceptors (Lipinski definition) is 4. The molecule has 2 atom stereocenters. The van der Waals surface area contributed by atoms with Crippen LogP contribution in [-0.4, -0.2) is 22.8 Å². The summed E-state index contributed by atoms with van der Waals surface area (Å²) in [5.74, 6) is -0.887. The summed E-state index contributed by atoms with van der Waals surface area (Å²) in [4.78, 5) is 19.7. The maximum Gasteiger partial charge on any atom is 0.251 e. The first-order chi connectivity index (χ1) is 18.1. The Morgan fingerprint density at radius 1 is 1.00 bits per heavy atom. The zero-order valence-electron chi connectivity index (χ0n) is 21.8. The van der Waals surface area contributed by atoms with Gasteiger partial charge in [-0.15, -0.1) is 0 Å². The Morgan fingerprint density at radius 3 is 2.42 bits per heavy atom. The Labute approximate surface area is 221 Å². The molecule has 38 heavy (non-hydrogen) atoms. The Balaban J connectivity index is 1.41. The largest absolute Gasteiger partial charge is 0.384 e. The lowest BCUT2D eigenvalue weighted by atomic mass is 9.93. The SMILES string of the molecule is Cc1cc(N)nc(C)c1CNC(=O)c1ccc2c(c1)C(c1ccc(-c3ccc(F)cc3F)cc1)N(C)C2C. The number of pyridine rings is 1.